The van der Waals surface area contributed by atoms with Gasteiger partial charge in [0.2, 0.25) is 5.82 Å². The lowest BCUT2D eigenvalue weighted by Gasteiger charge is -2.08. The molecule has 0 saturated carbocycles. The fourth-order valence-corrected chi connectivity index (χ4v) is 1.70. The zero-order chi connectivity index (χ0) is 14.7. The van der Waals surface area contributed by atoms with Crippen LogP contribution in [0.25, 0.3) is 0 Å². The quantitative estimate of drug-likeness (QED) is 0.848. The van der Waals surface area contributed by atoms with Crippen LogP contribution >= 0.6 is 0 Å². The van der Waals surface area contributed by atoms with E-state index in [4.69, 9.17) is 5.11 Å². The lowest BCUT2D eigenvalue weighted by molar-refractivity contribution is 0.0683. The second-order valence-electron chi connectivity index (χ2n) is 4.30. The summed E-state index contributed by atoms with van der Waals surface area (Å²) in [5, 5.41) is 15.6. The van der Waals surface area contributed by atoms with Crippen LogP contribution in [0.1, 0.15) is 21.9 Å². The third kappa shape index (κ3) is 3.08. The monoisotopic (exact) mass is 279 g/mol. The minimum atomic E-state index is -1.29. The van der Waals surface area contributed by atoms with Crippen molar-refractivity contribution < 1.29 is 14.3 Å². The number of anilines is 1. The van der Waals surface area contributed by atoms with Gasteiger partial charge in [0.1, 0.15) is 0 Å². The fourth-order valence-electron chi connectivity index (χ4n) is 1.70. The summed E-state index contributed by atoms with van der Waals surface area (Å²) < 4.78 is 15.5. The molecule has 7 nitrogen and oxygen atoms in total. The number of carboxylic acids is 1. The summed E-state index contributed by atoms with van der Waals surface area (Å²) in [4.78, 5) is 18.0. The molecule has 8 heteroatoms. The van der Waals surface area contributed by atoms with E-state index in [0.29, 0.717) is 13.0 Å². The molecule has 2 aromatic heterocycles. The van der Waals surface area contributed by atoms with Gasteiger partial charge >= 0.3 is 5.97 Å². The third-order valence-electron chi connectivity index (χ3n) is 2.67. The van der Waals surface area contributed by atoms with E-state index in [1.54, 1.807) is 10.9 Å². The summed E-state index contributed by atoms with van der Waals surface area (Å²) in [6.45, 7) is 1.81. The van der Waals surface area contributed by atoms with Crippen molar-refractivity contribution in [2.45, 2.75) is 13.3 Å². The maximum Gasteiger partial charge on any atom is 0.374 e. The van der Waals surface area contributed by atoms with Gasteiger partial charge in [-0.3, -0.25) is 4.68 Å². The molecule has 0 spiro atoms. The maximum atomic E-state index is 13.8. The van der Waals surface area contributed by atoms with Gasteiger partial charge in [0.25, 0.3) is 0 Å². The largest absolute Gasteiger partial charge is 0.475 e. The highest BCUT2D eigenvalue weighted by Crippen LogP contribution is 2.14. The predicted octanol–water partition coefficient (Wildman–Crippen LogP) is 1.01. The molecule has 0 atom stereocenters. The number of nitrogens with one attached hydrogen (secondary N) is 1. The van der Waals surface area contributed by atoms with Gasteiger partial charge in [-0.1, -0.05) is 0 Å². The molecule has 106 valence electrons. The van der Waals surface area contributed by atoms with E-state index in [2.05, 4.69) is 20.4 Å². The van der Waals surface area contributed by atoms with Crippen LogP contribution in [-0.2, 0) is 13.5 Å². The van der Waals surface area contributed by atoms with E-state index >= 15 is 0 Å². The summed E-state index contributed by atoms with van der Waals surface area (Å²) >= 11 is 0. The SMILES string of the molecule is Cc1nc(C(=O)O)nc(NCCc2cnn(C)c2)c1F. The normalized spacial score (nSPS) is 10.6. The fraction of sp³-hybridized carbons (Fsp3) is 0.333. The van der Waals surface area contributed by atoms with E-state index < -0.39 is 17.6 Å². The Hall–Kier alpha value is -2.51. The second-order valence-corrected chi connectivity index (χ2v) is 4.30. The van der Waals surface area contributed by atoms with Crippen molar-refractivity contribution in [3.05, 3.63) is 35.3 Å². The van der Waals surface area contributed by atoms with Gasteiger partial charge in [-0.2, -0.15) is 5.10 Å². The lowest BCUT2D eigenvalue weighted by Crippen LogP contribution is -2.14. The highest BCUT2D eigenvalue weighted by molar-refractivity contribution is 5.83. The highest BCUT2D eigenvalue weighted by Gasteiger charge is 2.15. The summed E-state index contributed by atoms with van der Waals surface area (Å²) in [5.41, 5.74) is 0.992. The van der Waals surface area contributed by atoms with Gasteiger partial charge in [-0.25, -0.2) is 19.2 Å². The molecule has 20 heavy (non-hydrogen) atoms. The zero-order valence-electron chi connectivity index (χ0n) is 11.1. The maximum absolute atomic E-state index is 13.8. The standard InChI is InChI=1S/C12H14FN5O2/c1-7-9(13)10(17-11(16-7)12(19)20)14-4-3-8-5-15-18(2)6-8/h5-6H,3-4H2,1-2H3,(H,19,20)(H,14,16,17). The molecule has 0 saturated heterocycles. The van der Waals surface area contributed by atoms with Gasteiger partial charge in [0.15, 0.2) is 11.6 Å². The third-order valence-corrected chi connectivity index (χ3v) is 2.67. The molecule has 0 unspecified atom stereocenters. The van der Waals surface area contributed by atoms with E-state index in [9.17, 15) is 9.18 Å². The number of hydrogen-bond acceptors (Lipinski definition) is 5. The molecule has 0 radical (unpaired) electrons. The van der Waals surface area contributed by atoms with Gasteiger partial charge in [0.05, 0.1) is 11.9 Å². The Bertz CT molecular complexity index is 641. The molecular formula is C12H14FN5O2. The number of carboxylic acid groups (broad SMARTS) is 1. The number of carbonyl (C=O) groups is 1. The first-order valence-electron chi connectivity index (χ1n) is 5.96. The van der Waals surface area contributed by atoms with Crippen molar-refractivity contribution in [2.75, 3.05) is 11.9 Å². The number of hydrogen-bond donors (Lipinski definition) is 2. The molecule has 2 aromatic rings. The molecule has 2 rings (SSSR count). The first-order valence-corrected chi connectivity index (χ1v) is 5.96. The first-order chi connectivity index (χ1) is 9.47. The Morgan fingerprint density at radius 3 is 2.85 bits per heavy atom. The number of aromatic carboxylic acids is 1. The van der Waals surface area contributed by atoms with E-state index in [0.717, 1.165) is 5.56 Å². The van der Waals surface area contributed by atoms with Crippen molar-refractivity contribution in [2.24, 2.45) is 7.05 Å². The number of aromatic nitrogens is 4. The van der Waals surface area contributed by atoms with Crippen LogP contribution in [0.4, 0.5) is 10.2 Å². The smallest absolute Gasteiger partial charge is 0.374 e. The van der Waals surface area contributed by atoms with Crippen molar-refractivity contribution in [3.8, 4) is 0 Å². The molecule has 0 amide bonds. The Kier molecular flexibility index (Phi) is 3.92. The number of aryl methyl sites for hydroxylation is 2. The van der Waals surface area contributed by atoms with Crippen LogP contribution in [0.15, 0.2) is 12.4 Å². The van der Waals surface area contributed by atoms with E-state index in [1.807, 2.05) is 13.2 Å². The molecule has 2 heterocycles. The first kappa shape index (κ1) is 13.9. The molecule has 0 aliphatic rings. The Balaban J connectivity index is 2.07. The Labute approximate surface area is 114 Å². The van der Waals surface area contributed by atoms with E-state index in [-0.39, 0.29) is 11.5 Å². The molecule has 0 aliphatic heterocycles. The van der Waals surface area contributed by atoms with Crippen molar-refractivity contribution >= 4 is 11.8 Å². The summed E-state index contributed by atoms with van der Waals surface area (Å²) in [6, 6.07) is 0. The summed E-state index contributed by atoms with van der Waals surface area (Å²) in [6.07, 6.45) is 4.19. The molecule has 0 bridgehead atoms. The average molecular weight is 279 g/mol. The zero-order valence-corrected chi connectivity index (χ0v) is 11.1. The van der Waals surface area contributed by atoms with Crippen molar-refractivity contribution in [1.82, 2.24) is 19.7 Å². The topological polar surface area (TPSA) is 92.9 Å². The Morgan fingerprint density at radius 2 is 2.25 bits per heavy atom. The van der Waals surface area contributed by atoms with Gasteiger partial charge < -0.3 is 10.4 Å². The van der Waals surface area contributed by atoms with Crippen LogP contribution in [-0.4, -0.2) is 37.4 Å². The van der Waals surface area contributed by atoms with Gasteiger partial charge in [0, 0.05) is 19.8 Å². The summed E-state index contributed by atoms with van der Waals surface area (Å²) in [7, 11) is 1.81. The predicted molar refractivity (Wildman–Crippen MR) is 69.1 cm³/mol. The van der Waals surface area contributed by atoms with Gasteiger partial charge in [-0.05, 0) is 18.9 Å². The Morgan fingerprint density at radius 1 is 1.50 bits per heavy atom. The lowest BCUT2D eigenvalue weighted by atomic mass is 10.2. The molecule has 0 aromatic carbocycles. The van der Waals surface area contributed by atoms with Crippen LogP contribution in [0, 0.1) is 12.7 Å². The van der Waals surface area contributed by atoms with Crippen LogP contribution < -0.4 is 5.32 Å². The molecule has 2 N–H and O–H groups in total. The van der Waals surface area contributed by atoms with Crippen LogP contribution in [0.3, 0.4) is 0 Å². The average Bonchev–Trinajstić information content (AvgIpc) is 2.80. The molecular weight excluding hydrogens is 265 g/mol. The minimum Gasteiger partial charge on any atom is -0.475 e. The molecule has 0 aliphatic carbocycles. The second kappa shape index (κ2) is 5.64. The highest BCUT2D eigenvalue weighted by atomic mass is 19.1. The number of halogens is 1. The van der Waals surface area contributed by atoms with Gasteiger partial charge in [-0.15, -0.1) is 0 Å². The van der Waals surface area contributed by atoms with Crippen molar-refractivity contribution in [3.63, 3.8) is 0 Å². The van der Waals surface area contributed by atoms with Crippen LogP contribution in [0.2, 0.25) is 0 Å². The number of nitrogens with zero attached hydrogens (tertiary/aromatic N) is 4. The summed E-state index contributed by atoms with van der Waals surface area (Å²) in [5.74, 6) is -2.45. The number of rotatable bonds is 5. The van der Waals surface area contributed by atoms with E-state index in [1.165, 1.54) is 6.92 Å². The van der Waals surface area contributed by atoms with Crippen LogP contribution in [0.5, 0.6) is 0 Å². The van der Waals surface area contributed by atoms with Crippen molar-refractivity contribution in [1.29, 1.82) is 0 Å². The minimum absolute atomic E-state index is 0.00118. The molecule has 0 fully saturated rings.